The molecule has 0 atom stereocenters. The SMILES string of the molecule is O=C(CSC1=N/C(=C\c2ccccc2)C(=O)N1c1ccc(F)cc1)c1c[nH]c2ccccc12. The fourth-order valence-electron chi connectivity index (χ4n) is 3.63. The van der Waals surface area contributed by atoms with Gasteiger partial charge in [0.15, 0.2) is 11.0 Å². The van der Waals surface area contributed by atoms with Gasteiger partial charge in [0.1, 0.15) is 11.5 Å². The minimum Gasteiger partial charge on any atom is -0.360 e. The number of amides is 1. The number of aromatic nitrogens is 1. The van der Waals surface area contributed by atoms with Crippen molar-refractivity contribution < 1.29 is 14.0 Å². The molecular formula is C26H18FN3O2S. The van der Waals surface area contributed by atoms with Gasteiger partial charge in [-0.2, -0.15) is 0 Å². The van der Waals surface area contributed by atoms with Crippen molar-refractivity contribution in [3.8, 4) is 0 Å². The number of nitrogens with one attached hydrogen (secondary N) is 1. The first-order valence-corrected chi connectivity index (χ1v) is 11.3. The Bertz CT molecular complexity index is 1410. The van der Waals surface area contributed by atoms with E-state index >= 15 is 0 Å². The number of amidine groups is 1. The topological polar surface area (TPSA) is 65.5 Å². The van der Waals surface area contributed by atoms with E-state index in [0.717, 1.165) is 16.5 Å². The number of carbonyl (C=O) groups excluding carboxylic acids is 2. The molecule has 0 saturated carbocycles. The van der Waals surface area contributed by atoms with E-state index in [2.05, 4.69) is 9.98 Å². The Labute approximate surface area is 193 Å². The van der Waals surface area contributed by atoms with Gasteiger partial charge in [-0.1, -0.05) is 60.3 Å². The van der Waals surface area contributed by atoms with Gasteiger partial charge in [-0.25, -0.2) is 9.38 Å². The Balaban J connectivity index is 1.44. The Kier molecular flexibility index (Phi) is 5.62. The number of Topliss-reactive ketones (excluding diaryl/α,β-unsaturated/α-hetero) is 1. The highest BCUT2D eigenvalue weighted by Gasteiger charge is 2.32. The number of rotatable bonds is 5. The van der Waals surface area contributed by atoms with E-state index in [0.29, 0.717) is 16.4 Å². The molecule has 0 unspecified atom stereocenters. The third-order valence-corrected chi connectivity index (χ3v) is 6.18. The van der Waals surface area contributed by atoms with Crippen LogP contribution in [-0.2, 0) is 4.79 Å². The van der Waals surface area contributed by atoms with E-state index in [1.807, 2.05) is 54.6 Å². The number of fused-ring (bicyclic) bond motifs is 1. The number of anilines is 1. The maximum atomic E-state index is 13.5. The zero-order valence-corrected chi connectivity index (χ0v) is 18.2. The van der Waals surface area contributed by atoms with Gasteiger partial charge in [0, 0.05) is 22.7 Å². The van der Waals surface area contributed by atoms with Crippen LogP contribution in [0.1, 0.15) is 15.9 Å². The summed E-state index contributed by atoms with van der Waals surface area (Å²) in [5, 5.41) is 1.23. The largest absolute Gasteiger partial charge is 0.360 e. The molecule has 2 heterocycles. The Morgan fingerprint density at radius 2 is 1.73 bits per heavy atom. The molecule has 5 nitrogen and oxygen atoms in total. The lowest BCUT2D eigenvalue weighted by Gasteiger charge is -2.17. The van der Waals surface area contributed by atoms with Gasteiger partial charge >= 0.3 is 0 Å². The highest BCUT2D eigenvalue weighted by Crippen LogP contribution is 2.30. The number of benzene rings is 3. The molecule has 0 saturated heterocycles. The van der Waals surface area contributed by atoms with E-state index in [1.54, 1.807) is 12.3 Å². The van der Waals surface area contributed by atoms with E-state index in [-0.39, 0.29) is 23.1 Å². The van der Waals surface area contributed by atoms with Crippen molar-refractivity contribution in [2.24, 2.45) is 4.99 Å². The third kappa shape index (κ3) is 4.23. The Morgan fingerprint density at radius 3 is 2.52 bits per heavy atom. The fraction of sp³-hybridized carbons (Fsp3) is 0.0385. The van der Waals surface area contributed by atoms with Gasteiger partial charge in [-0.3, -0.25) is 14.5 Å². The number of aliphatic imine (C=N–C) groups is 1. The molecule has 0 spiro atoms. The fourth-order valence-corrected chi connectivity index (χ4v) is 4.52. The second-order valence-electron chi connectivity index (χ2n) is 7.41. The summed E-state index contributed by atoms with van der Waals surface area (Å²) in [5.74, 6) is -0.699. The molecule has 1 aliphatic rings. The Hall–Kier alpha value is -3.97. The summed E-state index contributed by atoms with van der Waals surface area (Å²) in [4.78, 5) is 35.2. The predicted octanol–water partition coefficient (Wildman–Crippen LogP) is 5.67. The summed E-state index contributed by atoms with van der Waals surface area (Å²) in [6.45, 7) is 0. The van der Waals surface area contributed by atoms with Crippen LogP contribution in [0.3, 0.4) is 0 Å². The van der Waals surface area contributed by atoms with Crippen molar-refractivity contribution >= 4 is 51.3 Å². The molecule has 0 aliphatic carbocycles. The number of aromatic amines is 1. The average molecular weight is 456 g/mol. The molecule has 5 rings (SSSR count). The molecule has 1 amide bonds. The average Bonchev–Trinajstić information content (AvgIpc) is 3.40. The monoisotopic (exact) mass is 455 g/mol. The lowest BCUT2D eigenvalue weighted by atomic mass is 10.1. The zero-order chi connectivity index (χ0) is 22.8. The molecule has 4 aromatic rings. The van der Waals surface area contributed by atoms with Crippen LogP contribution in [0.15, 0.2) is 95.7 Å². The molecule has 0 bridgehead atoms. The standard InChI is InChI=1S/C26H18FN3O2S/c27-18-10-12-19(13-11-18)30-25(32)23(14-17-6-2-1-3-7-17)29-26(30)33-16-24(31)21-15-28-22-9-5-4-8-20(21)22/h1-15,28H,16H2/b23-14-. The molecule has 7 heteroatoms. The van der Waals surface area contributed by atoms with Gasteiger partial charge in [-0.05, 0) is 42.0 Å². The van der Waals surface area contributed by atoms with Gasteiger partial charge in [-0.15, -0.1) is 0 Å². The van der Waals surface area contributed by atoms with Crippen molar-refractivity contribution in [3.63, 3.8) is 0 Å². The molecule has 33 heavy (non-hydrogen) atoms. The number of thioether (sulfide) groups is 1. The van der Waals surface area contributed by atoms with Crippen molar-refractivity contribution in [1.82, 2.24) is 4.98 Å². The number of halogens is 1. The van der Waals surface area contributed by atoms with Crippen LogP contribution in [0.5, 0.6) is 0 Å². The molecule has 3 aromatic carbocycles. The van der Waals surface area contributed by atoms with Crippen molar-refractivity contribution in [2.75, 3.05) is 10.7 Å². The molecule has 1 N–H and O–H groups in total. The smallest absolute Gasteiger partial charge is 0.283 e. The van der Waals surface area contributed by atoms with Crippen LogP contribution < -0.4 is 4.90 Å². The molecule has 1 aromatic heterocycles. The second-order valence-corrected chi connectivity index (χ2v) is 8.35. The molecule has 1 aliphatic heterocycles. The first kappa shape index (κ1) is 20.9. The second kappa shape index (κ2) is 8.88. The summed E-state index contributed by atoms with van der Waals surface area (Å²) in [5.41, 5.74) is 3.07. The van der Waals surface area contributed by atoms with Crippen LogP contribution in [-0.4, -0.2) is 27.6 Å². The summed E-state index contributed by atoms with van der Waals surface area (Å²) in [6.07, 6.45) is 3.40. The van der Waals surface area contributed by atoms with Gasteiger partial charge < -0.3 is 4.98 Å². The maximum Gasteiger partial charge on any atom is 0.283 e. The van der Waals surface area contributed by atoms with Gasteiger partial charge in [0.2, 0.25) is 0 Å². The van der Waals surface area contributed by atoms with Crippen molar-refractivity contribution in [2.45, 2.75) is 0 Å². The molecule has 0 radical (unpaired) electrons. The minimum absolute atomic E-state index is 0.0767. The summed E-state index contributed by atoms with van der Waals surface area (Å²) in [7, 11) is 0. The van der Waals surface area contributed by atoms with Crippen LogP contribution in [0, 0.1) is 5.82 Å². The van der Waals surface area contributed by atoms with Crippen molar-refractivity contribution in [1.29, 1.82) is 0 Å². The number of para-hydroxylation sites is 1. The predicted molar refractivity (Wildman–Crippen MR) is 131 cm³/mol. The van der Waals surface area contributed by atoms with Crippen LogP contribution in [0.4, 0.5) is 10.1 Å². The number of hydrogen-bond acceptors (Lipinski definition) is 4. The molecule has 162 valence electrons. The lowest BCUT2D eigenvalue weighted by molar-refractivity contribution is -0.113. The van der Waals surface area contributed by atoms with Crippen LogP contribution >= 0.6 is 11.8 Å². The number of carbonyl (C=O) groups is 2. The lowest BCUT2D eigenvalue weighted by Crippen LogP contribution is -2.30. The number of ketones is 1. The first-order valence-electron chi connectivity index (χ1n) is 10.3. The van der Waals surface area contributed by atoms with Gasteiger partial charge in [0.25, 0.3) is 5.91 Å². The quantitative estimate of drug-likeness (QED) is 0.312. The van der Waals surface area contributed by atoms with Crippen LogP contribution in [0.25, 0.3) is 17.0 Å². The minimum atomic E-state index is -0.397. The summed E-state index contributed by atoms with van der Waals surface area (Å²) in [6, 6.07) is 22.6. The highest BCUT2D eigenvalue weighted by molar-refractivity contribution is 8.14. The maximum absolute atomic E-state index is 13.5. The molecular weight excluding hydrogens is 437 g/mol. The van der Waals surface area contributed by atoms with Crippen LogP contribution in [0.2, 0.25) is 0 Å². The summed E-state index contributed by atoms with van der Waals surface area (Å²) < 4.78 is 13.5. The molecule has 0 fully saturated rings. The third-order valence-electron chi connectivity index (χ3n) is 5.24. The summed E-state index contributed by atoms with van der Waals surface area (Å²) >= 11 is 1.18. The number of nitrogens with zero attached hydrogens (tertiary/aromatic N) is 2. The van der Waals surface area contributed by atoms with E-state index in [1.165, 1.54) is 40.9 Å². The van der Waals surface area contributed by atoms with Crippen molar-refractivity contribution in [3.05, 3.63) is 108 Å². The van der Waals surface area contributed by atoms with E-state index in [9.17, 15) is 14.0 Å². The number of hydrogen-bond donors (Lipinski definition) is 1. The van der Waals surface area contributed by atoms with Gasteiger partial charge in [0.05, 0.1) is 11.4 Å². The van der Waals surface area contributed by atoms with E-state index < -0.39 is 5.82 Å². The first-order chi connectivity index (χ1) is 16.1. The Morgan fingerprint density at radius 1 is 1.00 bits per heavy atom. The number of H-pyrrole nitrogens is 1. The zero-order valence-electron chi connectivity index (χ0n) is 17.4. The normalized spacial score (nSPS) is 14.8. The highest BCUT2D eigenvalue weighted by atomic mass is 32.2. The van der Waals surface area contributed by atoms with E-state index in [4.69, 9.17) is 0 Å².